The van der Waals surface area contributed by atoms with E-state index in [0.717, 1.165) is 11.8 Å². The molecule has 1 aromatic heterocycles. The van der Waals surface area contributed by atoms with E-state index in [9.17, 15) is 17.6 Å². The van der Waals surface area contributed by atoms with E-state index in [1.54, 1.807) is 19.1 Å². The van der Waals surface area contributed by atoms with Crippen molar-refractivity contribution >= 4 is 27.5 Å². The Morgan fingerprint density at radius 1 is 1.40 bits per heavy atom. The van der Waals surface area contributed by atoms with Crippen molar-refractivity contribution in [3.05, 3.63) is 30.1 Å². The number of halogens is 1. The average molecular weight is 385 g/mol. The summed E-state index contributed by atoms with van der Waals surface area (Å²) in [6, 6.07) is 5.66. The smallest absolute Gasteiger partial charge is 0.277 e. The van der Waals surface area contributed by atoms with Gasteiger partial charge in [0.25, 0.3) is 11.1 Å². The minimum atomic E-state index is -3.05. The summed E-state index contributed by atoms with van der Waals surface area (Å²) in [4.78, 5) is 12.2. The van der Waals surface area contributed by atoms with Gasteiger partial charge in [0.15, 0.2) is 9.84 Å². The number of benzene rings is 1. The first-order chi connectivity index (χ1) is 11.8. The topological polar surface area (TPSA) is 102 Å². The average Bonchev–Trinajstić information content (AvgIpc) is 3.14. The van der Waals surface area contributed by atoms with Gasteiger partial charge in [-0.25, -0.2) is 12.8 Å². The number of nitrogens with one attached hydrogen (secondary N) is 1. The fraction of sp³-hybridized carbons (Fsp3) is 0.400. The molecule has 0 spiro atoms. The van der Waals surface area contributed by atoms with Crippen LogP contribution in [0.2, 0.25) is 0 Å². The molecular weight excluding hydrogens is 369 g/mol. The standard InChI is InChI=1S/C15H16FN3O4S2/c1-9(13(20)17-10-6-7-25(21,22)8-10)24-15-19-18-14(23-15)11-4-2-3-5-12(11)16/h2-5,9-10H,6-8H2,1H3,(H,17,20)/t9-,10+/m0/s1. The molecule has 3 rings (SSSR count). The van der Waals surface area contributed by atoms with Crippen molar-refractivity contribution < 1.29 is 22.0 Å². The van der Waals surface area contributed by atoms with E-state index in [0.29, 0.717) is 6.42 Å². The number of amides is 1. The molecule has 0 saturated carbocycles. The predicted octanol–water partition coefficient (Wildman–Crippen LogP) is 1.66. The van der Waals surface area contributed by atoms with Crippen LogP contribution in [0.1, 0.15) is 13.3 Å². The third-order valence-corrected chi connectivity index (χ3v) is 6.44. The lowest BCUT2D eigenvalue weighted by Crippen LogP contribution is -2.39. The van der Waals surface area contributed by atoms with Crippen molar-refractivity contribution in [2.45, 2.75) is 29.9 Å². The van der Waals surface area contributed by atoms with E-state index in [2.05, 4.69) is 15.5 Å². The van der Waals surface area contributed by atoms with Crippen LogP contribution in [0.25, 0.3) is 11.5 Å². The first-order valence-electron chi connectivity index (χ1n) is 7.60. The number of thioether (sulfide) groups is 1. The molecule has 7 nitrogen and oxygen atoms in total. The molecule has 1 fully saturated rings. The normalized spacial score (nSPS) is 20.3. The first-order valence-corrected chi connectivity index (χ1v) is 10.3. The fourth-order valence-electron chi connectivity index (χ4n) is 2.43. The molecule has 1 aliphatic rings. The van der Waals surface area contributed by atoms with Gasteiger partial charge in [-0.2, -0.15) is 0 Å². The van der Waals surface area contributed by atoms with E-state index in [1.807, 2.05) is 0 Å². The molecule has 10 heteroatoms. The zero-order valence-corrected chi connectivity index (χ0v) is 14.9. The van der Waals surface area contributed by atoms with E-state index < -0.39 is 20.9 Å². The van der Waals surface area contributed by atoms with Crippen LogP contribution in [0.15, 0.2) is 33.9 Å². The summed E-state index contributed by atoms with van der Waals surface area (Å²) >= 11 is 1.03. The quantitative estimate of drug-likeness (QED) is 0.781. The van der Waals surface area contributed by atoms with Crippen LogP contribution in [0.5, 0.6) is 0 Å². The van der Waals surface area contributed by atoms with Gasteiger partial charge in [0, 0.05) is 6.04 Å². The maximum atomic E-state index is 13.7. The van der Waals surface area contributed by atoms with Crippen LogP contribution < -0.4 is 5.32 Å². The second kappa shape index (κ2) is 7.12. The molecule has 134 valence electrons. The fourth-order valence-corrected chi connectivity index (χ4v) is 4.80. The van der Waals surface area contributed by atoms with Gasteiger partial charge < -0.3 is 9.73 Å². The SMILES string of the molecule is C[C@H](Sc1nnc(-c2ccccc2F)o1)C(=O)N[C@@H]1CCS(=O)(=O)C1. The summed E-state index contributed by atoms with van der Waals surface area (Å²) < 4.78 is 42.0. The van der Waals surface area contributed by atoms with E-state index in [4.69, 9.17) is 4.42 Å². The highest BCUT2D eigenvalue weighted by molar-refractivity contribution is 8.00. The molecule has 0 radical (unpaired) electrons. The zero-order valence-electron chi connectivity index (χ0n) is 13.3. The number of hydrogen-bond acceptors (Lipinski definition) is 7. The van der Waals surface area contributed by atoms with Gasteiger partial charge in [0.05, 0.1) is 22.3 Å². The van der Waals surface area contributed by atoms with Crippen molar-refractivity contribution in [1.82, 2.24) is 15.5 Å². The zero-order chi connectivity index (χ0) is 18.0. The third kappa shape index (κ3) is 4.37. The van der Waals surface area contributed by atoms with Crippen molar-refractivity contribution in [3.63, 3.8) is 0 Å². The van der Waals surface area contributed by atoms with Crippen LogP contribution in [-0.4, -0.2) is 47.3 Å². The summed E-state index contributed by atoms with van der Waals surface area (Å²) in [5.41, 5.74) is 0.190. The summed E-state index contributed by atoms with van der Waals surface area (Å²) in [7, 11) is -3.05. The Hall–Kier alpha value is -1.94. The monoisotopic (exact) mass is 385 g/mol. The summed E-state index contributed by atoms with van der Waals surface area (Å²) in [6.07, 6.45) is 0.420. The van der Waals surface area contributed by atoms with E-state index >= 15 is 0 Å². The minimum Gasteiger partial charge on any atom is -0.411 e. The molecule has 0 unspecified atom stereocenters. The van der Waals surface area contributed by atoms with E-state index in [1.165, 1.54) is 12.1 Å². The van der Waals surface area contributed by atoms with Gasteiger partial charge in [0.2, 0.25) is 5.91 Å². The highest BCUT2D eigenvalue weighted by atomic mass is 32.2. The Morgan fingerprint density at radius 3 is 2.84 bits per heavy atom. The number of nitrogens with zero attached hydrogens (tertiary/aromatic N) is 2. The second-order valence-electron chi connectivity index (χ2n) is 5.72. The predicted molar refractivity (Wildman–Crippen MR) is 90.2 cm³/mol. The number of aromatic nitrogens is 2. The number of carbonyl (C=O) groups is 1. The number of sulfone groups is 1. The summed E-state index contributed by atoms with van der Waals surface area (Å²) in [6.45, 7) is 1.65. The lowest BCUT2D eigenvalue weighted by Gasteiger charge is -2.14. The van der Waals surface area contributed by atoms with Gasteiger partial charge in [-0.3, -0.25) is 4.79 Å². The third-order valence-electron chi connectivity index (χ3n) is 3.74. The number of rotatable bonds is 5. The van der Waals surface area contributed by atoms with Gasteiger partial charge in [-0.05, 0) is 25.5 Å². The Labute approximate surface area is 148 Å². The largest absolute Gasteiger partial charge is 0.411 e. The molecule has 2 heterocycles. The molecule has 1 N–H and O–H groups in total. The molecule has 1 aliphatic heterocycles. The summed E-state index contributed by atoms with van der Waals surface area (Å²) in [5, 5.41) is 9.90. The van der Waals surface area contributed by atoms with Gasteiger partial charge in [0.1, 0.15) is 5.82 Å². The molecule has 0 bridgehead atoms. The highest BCUT2D eigenvalue weighted by Gasteiger charge is 2.30. The molecule has 0 aliphatic carbocycles. The molecule has 1 amide bonds. The highest BCUT2D eigenvalue weighted by Crippen LogP contribution is 2.27. The molecule has 1 saturated heterocycles. The Kier molecular flexibility index (Phi) is 5.09. The Balaban J connectivity index is 1.61. The van der Waals surface area contributed by atoms with Crippen LogP contribution in [0.4, 0.5) is 4.39 Å². The van der Waals surface area contributed by atoms with Gasteiger partial charge in [-0.1, -0.05) is 23.9 Å². The summed E-state index contributed by atoms with van der Waals surface area (Å²) in [5.74, 6) is -0.688. The lowest BCUT2D eigenvalue weighted by atomic mass is 10.2. The Morgan fingerprint density at radius 2 is 2.16 bits per heavy atom. The van der Waals surface area contributed by atoms with Crippen molar-refractivity contribution in [2.75, 3.05) is 11.5 Å². The molecule has 25 heavy (non-hydrogen) atoms. The lowest BCUT2D eigenvalue weighted by molar-refractivity contribution is -0.120. The maximum absolute atomic E-state index is 13.7. The molecule has 2 atom stereocenters. The number of carbonyl (C=O) groups excluding carboxylic acids is 1. The molecule has 2 aromatic rings. The van der Waals surface area contributed by atoms with Crippen LogP contribution in [0.3, 0.4) is 0 Å². The van der Waals surface area contributed by atoms with Crippen molar-refractivity contribution in [1.29, 1.82) is 0 Å². The van der Waals surface area contributed by atoms with Gasteiger partial charge in [-0.15, -0.1) is 10.2 Å². The van der Waals surface area contributed by atoms with Crippen molar-refractivity contribution in [2.24, 2.45) is 0 Å². The van der Waals surface area contributed by atoms with E-state index in [-0.39, 0.29) is 40.1 Å². The number of hydrogen-bond donors (Lipinski definition) is 1. The van der Waals surface area contributed by atoms with Crippen LogP contribution >= 0.6 is 11.8 Å². The van der Waals surface area contributed by atoms with Crippen LogP contribution in [0, 0.1) is 5.82 Å². The molecule has 1 aromatic carbocycles. The van der Waals surface area contributed by atoms with Crippen LogP contribution in [-0.2, 0) is 14.6 Å². The second-order valence-corrected chi connectivity index (χ2v) is 9.24. The molecular formula is C15H16FN3O4S2. The Bertz CT molecular complexity index is 884. The van der Waals surface area contributed by atoms with Crippen molar-refractivity contribution in [3.8, 4) is 11.5 Å². The maximum Gasteiger partial charge on any atom is 0.277 e. The minimum absolute atomic E-state index is 0.0336. The van der Waals surface area contributed by atoms with Gasteiger partial charge >= 0.3 is 0 Å². The first kappa shape index (κ1) is 17.9.